The van der Waals surface area contributed by atoms with E-state index in [-0.39, 0.29) is 32.7 Å². The first-order valence-electron chi connectivity index (χ1n) is 22.5. The smallest absolute Gasteiger partial charge is 0.136 e. The third-order valence-corrected chi connectivity index (χ3v) is 9.58. The summed E-state index contributed by atoms with van der Waals surface area (Å²) in [6.07, 6.45) is 0. The lowest BCUT2D eigenvalue weighted by Gasteiger charge is -2.18. The summed E-state index contributed by atoms with van der Waals surface area (Å²) in [4.78, 5) is 0. The molecule has 0 unspecified atom stereocenters. The molecular formula is C48H28O2. The van der Waals surface area contributed by atoms with Gasteiger partial charge in [0.05, 0.1) is 17.8 Å². The Bertz CT molecular complexity index is 3800. The van der Waals surface area contributed by atoms with E-state index in [1.54, 1.807) is 12.1 Å². The summed E-state index contributed by atoms with van der Waals surface area (Å²) < 4.78 is 128. The van der Waals surface area contributed by atoms with Crippen LogP contribution in [0.25, 0.3) is 110 Å². The second-order valence-corrected chi connectivity index (χ2v) is 12.2. The summed E-state index contributed by atoms with van der Waals surface area (Å²) in [7, 11) is 0. The van der Waals surface area contributed by atoms with Gasteiger partial charge in [-0.25, -0.2) is 0 Å². The highest BCUT2D eigenvalue weighted by Crippen LogP contribution is 2.45. The molecule has 0 spiro atoms. The van der Waals surface area contributed by atoms with E-state index in [2.05, 4.69) is 0 Å². The van der Waals surface area contributed by atoms with Crippen LogP contribution in [0.15, 0.2) is 178 Å². The Morgan fingerprint density at radius 2 is 0.940 bits per heavy atom. The van der Waals surface area contributed by atoms with Crippen molar-refractivity contribution in [1.29, 1.82) is 0 Å². The van der Waals surface area contributed by atoms with E-state index >= 15 is 0 Å². The predicted octanol–water partition coefficient (Wildman–Crippen LogP) is 13.9. The molecule has 0 saturated heterocycles. The van der Waals surface area contributed by atoms with E-state index in [1.807, 2.05) is 78.9 Å². The Hall–Kier alpha value is -6.64. The van der Waals surface area contributed by atoms with Crippen molar-refractivity contribution in [2.45, 2.75) is 0 Å². The van der Waals surface area contributed by atoms with E-state index in [0.717, 1.165) is 54.8 Å². The summed E-state index contributed by atoms with van der Waals surface area (Å²) in [6, 6.07) is 20.5. The summed E-state index contributed by atoms with van der Waals surface area (Å²) in [5.41, 5.74) is 4.32. The molecule has 0 atom stereocenters. The van der Waals surface area contributed by atoms with Crippen LogP contribution in [-0.4, -0.2) is 0 Å². The van der Waals surface area contributed by atoms with Gasteiger partial charge in [-0.05, 0) is 102 Å². The fourth-order valence-corrected chi connectivity index (χ4v) is 7.48. The molecule has 0 amide bonds. The molecule has 0 aliphatic carbocycles. The van der Waals surface area contributed by atoms with Gasteiger partial charge in [-0.1, -0.05) is 133 Å². The number of hydrogen-bond donors (Lipinski definition) is 0. The quantitative estimate of drug-likeness (QED) is 0.178. The lowest BCUT2D eigenvalue weighted by atomic mass is 9.85. The highest BCUT2D eigenvalue weighted by atomic mass is 16.3. The standard InChI is InChI=1S/C48H28O2/c1-2-11-29(12-3-1)45-35-14-4-6-16-37(35)46(38-17-7-5-15-36(38)45)32-22-23-34-30(27-32)13-10-19-33(34)31-21-24-40-44(28-31)50-43-26-25-42-47(48(40)43)39-18-8-9-20-41(39)49-42/h1-28H/i1D,2D,3D,4D,5D,6D,7D,11D,12D,14D,15D,16D,17D. The zero-order chi connectivity index (χ0) is 44.1. The van der Waals surface area contributed by atoms with Gasteiger partial charge in [-0.2, -0.15) is 0 Å². The zero-order valence-electron chi connectivity index (χ0n) is 39.0. The van der Waals surface area contributed by atoms with Crippen LogP contribution in [0.1, 0.15) is 17.8 Å². The number of fused-ring (bicyclic) bond motifs is 10. The second kappa shape index (κ2) is 10.4. The van der Waals surface area contributed by atoms with Crippen molar-refractivity contribution in [3.05, 3.63) is 170 Å². The van der Waals surface area contributed by atoms with Crippen LogP contribution in [0.3, 0.4) is 0 Å². The maximum Gasteiger partial charge on any atom is 0.136 e. The van der Waals surface area contributed by atoms with Crippen LogP contribution in [0, 0.1) is 0 Å². The molecule has 0 saturated carbocycles. The van der Waals surface area contributed by atoms with Gasteiger partial charge in [0.2, 0.25) is 0 Å². The molecule has 2 heterocycles. The molecule has 2 aromatic heterocycles. The normalized spacial score (nSPS) is 15.6. The zero-order valence-corrected chi connectivity index (χ0v) is 26.0. The Kier molecular flexibility index (Phi) is 3.68. The van der Waals surface area contributed by atoms with Gasteiger partial charge in [0.15, 0.2) is 0 Å². The van der Waals surface area contributed by atoms with Crippen molar-refractivity contribution in [3.8, 4) is 33.4 Å². The highest BCUT2D eigenvalue weighted by molar-refractivity contribution is 6.26. The minimum Gasteiger partial charge on any atom is -0.456 e. The first-order chi connectivity index (χ1) is 30.2. The van der Waals surface area contributed by atoms with Gasteiger partial charge >= 0.3 is 0 Å². The van der Waals surface area contributed by atoms with Gasteiger partial charge in [-0.3, -0.25) is 0 Å². The molecule has 0 radical (unpaired) electrons. The van der Waals surface area contributed by atoms with Crippen LogP contribution in [0.4, 0.5) is 0 Å². The lowest BCUT2D eigenvalue weighted by Crippen LogP contribution is -1.91. The molecule has 50 heavy (non-hydrogen) atoms. The van der Waals surface area contributed by atoms with E-state index in [0.29, 0.717) is 16.5 Å². The maximum absolute atomic E-state index is 9.29. The van der Waals surface area contributed by atoms with E-state index in [9.17, 15) is 5.48 Å². The molecule has 0 aliphatic heterocycles. The largest absolute Gasteiger partial charge is 0.456 e. The fourth-order valence-electron chi connectivity index (χ4n) is 7.48. The molecule has 2 heteroatoms. The average molecular weight is 650 g/mol. The third-order valence-electron chi connectivity index (χ3n) is 9.58. The topological polar surface area (TPSA) is 26.3 Å². The Labute approximate surface area is 305 Å². The molecule has 0 aliphatic rings. The van der Waals surface area contributed by atoms with Gasteiger partial charge in [0, 0.05) is 21.5 Å². The van der Waals surface area contributed by atoms with Crippen molar-refractivity contribution in [2.24, 2.45) is 0 Å². The van der Waals surface area contributed by atoms with Crippen LogP contribution < -0.4 is 0 Å². The van der Waals surface area contributed by atoms with E-state index in [4.69, 9.17) is 21.2 Å². The van der Waals surface area contributed by atoms with Gasteiger partial charge in [0.25, 0.3) is 0 Å². The van der Waals surface area contributed by atoms with Gasteiger partial charge < -0.3 is 8.83 Å². The molecule has 2 nitrogen and oxygen atoms in total. The molecule has 0 bridgehead atoms. The SMILES string of the molecule is [2H]c1c([2H])c([2H])c(-c2c3c([2H])c([2H])c([2H])c([2H])c3c(-c3ccc4c(-c5ccc6c(c5)oc5ccc7oc8ccccc8c7c56)cccc4c3)c3c([2H])c([2H])c([2H])c([2H])c23)c([2H])c1[2H]. The summed E-state index contributed by atoms with van der Waals surface area (Å²) in [5, 5.41) is 4.60. The molecule has 11 rings (SSSR count). The Morgan fingerprint density at radius 3 is 1.66 bits per heavy atom. The molecular weight excluding hydrogens is 609 g/mol. The molecule has 0 fully saturated rings. The number of para-hydroxylation sites is 1. The van der Waals surface area contributed by atoms with Crippen LogP contribution in [0.5, 0.6) is 0 Å². The summed E-state index contributed by atoms with van der Waals surface area (Å²) in [5.74, 6) is 0. The summed E-state index contributed by atoms with van der Waals surface area (Å²) in [6.45, 7) is 0. The number of hydrogen-bond acceptors (Lipinski definition) is 2. The summed E-state index contributed by atoms with van der Waals surface area (Å²) >= 11 is 0. The van der Waals surface area contributed by atoms with Crippen LogP contribution in [0.2, 0.25) is 0 Å². The van der Waals surface area contributed by atoms with Crippen molar-refractivity contribution < 1.29 is 26.7 Å². The fraction of sp³-hybridized carbons (Fsp3) is 0. The van der Waals surface area contributed by atoms with Crippen molar-refractivity contribution in [3.63, 3.8) is 0 Å². The first kappa shape index (κ1) is 17.7. The molecule has 11 aromatic rings. The van der Waals surface area contributed by atoms with Crippen molar-refractivity contribution in [2.75, 3.05) is 0 Å². The Morgan fingerprint density at radius 1 is 0.360 bits per heavy atom. The lowest BCUT2D eigenvalue weighted by molar-refractivity contribution is 0.663. The number of furan rings is 2. The van der Waals surface area contributed by atoms with Crippen molar-refractivity contribution >= 4 is 76.2 Å². The van der Waals surface area contributed by atoms with Crippen LogP contribution >= 0.6 is 0 Å². The minimum absolute atomic E-state index is 0.0733. The number of rotatable bonds is 3. The monoisotopic (exact) mass is 649 g/mol. The van der Waals surface area contributed by atoms with Crippen LogP contribution in [-0.2, 0) is 0 Å². The van der Waals surface area contributed by atoms with Crippen molar-refractivity contribution in [1.82, 2.24) is 0 Å². The first-order valence-corrected chi connectivity index (χ1v) is 16.0. The predicted molar refractivity (Wildman–Crippen MR) is 210 cm³/mol. The number of benzene rings is 9. The van der Waals surface area contributed by atoms with E-state index < -0.39 is 84.1 Å². The minimum atomic E-state index is -0.716. The van der Waals surface area contributed by atoms with Gasteiger partial charge in [-0.15, -0.1) is 0 Å². The molecule has 0 N–H and O–H groups in total. The van der Waals surface area contributed by atoms with Gasteiger partial charge in [0.1, 0.15) is 22.3 Å². The van der Waals surface area contributed by atoms with E-state index in [1.165, 1.54) is 0 Å². The average Bonchev–Trinajstić information content (AvgIpc) is 3.86. The molecule has 9 aromatic carbocycles. The Balaban J connectivity index is 1.20. The maximum atomic E-state index is 9.29. The highest BCUT2D eigenvalue weighted by Gasteiger charge is 2.19. The third kappa shape index (κ3) is 3.90. The molecule has 232 valence electrons. The second-order valence-electron chi connectivity index (χ2n) is 12.2.